The van der Waals surface area contributed by atoms with Crippen LogP contribution < -0.4 is 4.90 Å². The van der Waals surface area contributed by atoms with Crippen molar-refractivity contribution >= 4 is 28.4 Å². The number of anilines is 1. The van der Waals surface area contributed by atoms with Gasteiger partial charge in [0, 0.05) is 28.9 Å². The Morgan fingerprint density at radius 1 is 1.47 bits per heavy atom. The van der Waals surface area contributed by atoms with E-state index in [0.717, 1.165) is 18.9 Å². The standard InChI is InChI=1S/C11H16IN3/c1-14(2)10-5-6-15(8-10)11-4-3-9(12)7-13-11/h3-4,7,10H,5-6,8H2,1-2H3. The molecule has 2 heterocycles. The van der Waals surface area contributed by atoms with Crippen molar-refractivity contribution in [2.75, 3.05) is 32.1 Å². The van der Waals surface area contributed by atoms with Crippen molar-refractivity contribution in [3.8, 4) is 0 Å². The molecule has 0 saturated carbocycles. The third-order valence-electron chi connectivity index (χ3n) is 2.93. The Morgan fingerprint density at radius 2 is 2.27 bits per heavy atom. The molecular weight excluding hydrogens is 301 g/mol. The maximum Gasteiger partial charge on any atom is 0.128 e. The Bertz CT molecular complexity index is 323. The molecule has 1 atom stereocenters. The Hall–Kier alpha value is -0.360. The van der Waals surface area contributed by atoms with Crippen LogP contribution >= 0.6 is 22.6 Å². The van der Waals surface area contributed by atoms with Gasteiger partial charge in [0.1, 0.15) is 5.82 Å². The minimum Gasteiger partial charge on any atom is -0.355 e. The summed E-state index contributed by atoms with van der Waals surface area (Å²) >= 11 is 2.29. The molecule has 0 aliphatic carbocycles. The highest BCUT2D eigenvalue weighted by atomic mass is 127. The minimum absolute atomic E-state index is 0.672. The molecule has 4 heteroatoms. The van der Waals surface area contributed by atoms with Gasteiger partial charge < -0.3 is 9.80 Å². The molecule has 0 aromatic carbocycles. The minimum atomic E-state index is 0.672. The van der Waals surface area contributed by atoms with E-state index < -0.39 is 0 Å². The topological polar surface area (TPSA) is 19.4 Å². The van der Waals surface area contributed by atoms with Crippen LogP contribution in [0.25, 0.3) is 0 Å². The van der Waals surface area contributed by atoms with Gasteiger partial charge in [0.15, 0.2) is 0 Å². The fourth-order valence-corrected chi connectivity index (χ4v) is 2.25. The molecule has 1 unspecified atom stereocenters. The van der Waals surface area contributed by atoms with Gasteiger partial charge in [0.2, 0.25) is 0 Å². The van der Waals surface area contributed by atoms with Gasteiger partial charge in [-0.1, -0.05) is 0 Å². The van der Waals surface area contributed by atoms with Crippen LogP contribution in [0.1, 0.15) is 6.42 Å². The van der Waals surface area contributed by atoms with Crippen LogP contribution in [0.3, 0.4) is 0 Å². The van der Waals surface area contributed by atoms with Crippen LogP contribution in [0, 0.1) is 3.57 Å². The molecule has 15 heavy (non-hydrogen) atoms. The van der Waals surface area contributed by atoms with Crippen molar-refractivity contribution in [2.45, 2.75) is 12.5 Å². The lowest BCUT2D eigenvalue weighted by Gasteiger charge is -2.20. The van der Waals surface area contributed by atoms with Gasteiger partial charge in [-0.15, -0.1) is 0 Å². The highest BCUT2D eigenvalue weighted by molar-refractivity contribution is 14.1. The third-order valence-corrected chi connectivity index (χ3v) is 3.57. The summed E-state index contributed by atoms with van der Waals surface area (Å²) in [7, 11) is 4.30. The summed E-state index contributed by atoms with van der Waals surface area (Å²) in [5.41, 5.74) is 0. The number of hydrogen-bond acceptors (Lipinski definition) is 3. The monoisotopic (exact) mass is 317 g/mol. The number of pyridine rings is 1. The Balaban J connectivity index is 2.04. The van der Waals surface area contributed by atoms with Crippen molar-refractivity contribution < 1.29 is 0 Å². The second-order valence-corrected chi connectivity index (χ2v) is 5.43. The van der Waals surface area contributed by atoms with Crippen molar-refractivity contribution in [1.29, 1.82) is 0 Å². The molecular formula is C11H16IN3. The molecule has 1 aromatic rings. The lowest BCUT2D eigenvalue weighted by Crippen LogP contribution is -2.31. The fraction of sp³-hybridized carbons (Fsp3) is 0.545. The molecule has 0 amide bonds. The van der Waals surface area contributed by atoms with Crippen molar-refractivity contribution in [3.05, 3.63) is 21.9 Å². The van der Waals surface area contributed by atoms with Crippen molar-refractivity contribution in [2.24, 2.45) is 0 Å². The van der Waals surface area contributed by atoms with E-state index in [-0.39, 0.29) is 0 Å². The maximum absolute atomic E-state index is 4.45. The largest absolute Gasteiger partial charge is 0.355 e. The zero-order valence-electron chi connectivity index (χ0n) is 9.15. The number of rotatable bonds is 2. The van der Waals surface area contributed by atoms with Crippen LogP contribution in [0.4, 0.5) is 5.82 Å². The van der Waals surface area contributed by atoms with Crippen LogP contribution in [0.15, 0.2) is 18.3 Å². The molecule has 0 bridgehead atoms. The summed E-state index contributed by atoms with van der Waals surface area (Å²) in [6.45, 7) is 2.22. The first-order valence-corrected chi connectivity index (χ1v) is 6.27. The Morgan fingerprint density at radius 3 is 2.80 bits per heavy atom. The van der Waals surface area contributed by atoms with Crippen molar-refractivity contribution in [3.63, 3.8) is 0 Å². The summed E-state index contributed by atoms with van der Waals surface area (Å²) in [4.78, 5) is 9.11. The van der Waals surface area contributed by atoms with Crippen LogP contribution in [-0.2, 0) is 0 Å². The zero-order chi connectivity index (χ0) is 10.8. The van der Waals surface area contributed by atoms with Gasteiger partial charge in [0.05, 0.1) is 0 Å². The van der Waals surface area contributed by atoms with Crippen LogP contribution in [0.5, 0.6) is 0 Å². The van der Waals surface area contributed by atoms with E-state index in [1.807, 2.05) is 6.20 Å². The zero-order valence-corrected chi connectivity index (χ0v) is 11.3. The molecule has 1 fully saturated rings. The second kappa shape index (κ2) is 4.65. The molecule has 2 rings (SSSR count). The first kappa shape index (κ1) is 11.1. The smallest absolute Gasteiger partial charge is 0.128 e. The first-order chi connectivity index (χ1) is 7.16. The quantitative estimate of drug-likeness (QED) is 0.776. The lowest BCUT2D eigenvalue weighted by molar-refractivity contribution is 0.315. The summed E-state index contributed by atoms with van der Waals surface area (Å²) in [5.74, 6) is 1.11. The normalized spacial score (nSPS) is 21.3. The van der Waals surface area contributed by atoms with E-state index >= 15 is 0 Å². The van der Waals surface area contributed by atoms with Crippen molar-refractivity contribution in [1.82, 2.24) is 9.88 Å². The fourth-order valence-electron chi connectivity index (χ4n) is 1.93. The highest BCUT2D eigenvalue weighted by Crippen LogP contribution is 2.20. The third kappa shape index (κ3) is 2.60. The highest BCUT2D eigenvalue weighted by Gasteiger charge is 2.24. The number of halogens is 1. The summed E-state index contributed by atoms with van der Waals surface area (Å²) in [6.07, 6.45) is 3.17. The van der Waals surface area contributed by atoms with Gasteiger partial charge in [0.25, 0.3) is 0 Å². The molecule has 0 N–H and O–H groups in total. The molecule has 3 nitrogen and oxygen atoms in total. The van der Waals surface area contributed by atoms with E-state index in [9.17, 15) is 0 Å². The Kier molecular flexibility index (Phi) is 3.45. The van der Waals surface area contributed by atoms with E-state index in [4.69, 9.17) is 0 Å². The van der Waals surface area contributed by atoms with Gasteiger partial charge >= 0.3 is 0 Å². The van der Waals surface area contributed by atoms with Gasteiger partial charge in [-0.25, -0.2) is 4.98 Å². The summed E-state index contributed by atoms with van der Waals surface area (Å²) in [6, 6.07) is 4.90. The molecule has 82 valence electrons. The predicted octanol–water partition coefficient (Wildman–Crippen LogP) is 1.83. The molecule has 1 aliphatic heterocycles. The molecule has 0 radical (unpaired) electrons. The molecule has 0 spiro atoms. The summed E-state index contributed by atoms with van der Waals surface area (Å²) in [5, 5.41) is 0. The first-order valence-electron chi connectivity index (χ1n) is 5.20. The number of hydrogen-bond donors (Lipinski definition) is 0. The number of nitrogens with zero attached hydrogens (tertiary/aromatic N) is 3. The van der Waals surface area contributed by atoms with Gasteiger partial charge in [-0.2, -0.15) is 0 Å². The Labute approximate surface area is 105 Å². The molecule has 1 aliphatic rings. The molecule has 1 aromatic heterocycles. The maximum atomic E-state index is 4.45. The average molecular weight is 317 g/mol. The van der Waals surface area contributed by atoms with E-state index in [1.165, 1.54) is 9.99 Å². The number of likely N-dealkylation sites (N-methyl/N-ethyl adjacent to an activating group) is 1. The van der Waals surface area contributed by atoms with Crippen LogP contribution in [0.2, 0.25) is 0 Å². The van der Waals surface area contributed by atoms with Gasteiger partial charge in [-0.3, -0.25) is 0 Å². The molecule has 1 saturated heterocycles. The van der Waals surface area contributed by atoms with E-state index in [2.05, 4.69) is 63.6 Å². The average Bonchev–Trinajstić information content (AvgIpc) is 2.68. The summed E-state index contributed by atoms with van der Waals surface area (Å²) < 4.78 is 1.19. The van der Waals surface area contributed by atoms with E-state index in [0.29, 0.717) is 6.04 Å². The number of aromatic nitrogens is 1. The second-order valence-electron chi connectivity index (χ2n) is 4.19. The SMILES string of the molecule is CN(C)C1CCN(c2ccc(I)cn2)C1. The van der Waals surface area contributed by atoms with E-state index in [1.54, 1.807) is 0 Å². The van der Waals surface area contributed by atoms with Gasteiger partial charge in [-0.05, 0) is 55.2 Å². The van der Waals surface area contributed by atoms with Crippen LogP contribution in [-0.4, -0.2) is 43.1 Å². The lowest BCUT2D eigenvalue weighted by atomic mass is 10.2. The predicted molar refractivity (Wildman–Crippen MR) is 71.3 cm³/mol.